The number of benzene rings is 2. The molecule has 0 bridgehead atoms. The van der Waals surface area contributed by atoms with E-state index in [2.05, 4.69) is 4.98 Å². The lowest BCUT2D eigenvalue weighted by Gasteiger charge is -2.22. The Kier molecular flexibility index (Phi) is 5.09. The van der Waals surface area contributed by atoms with Crippen LogP contribution >= 0.6 is 11.3 Å². The van der Waals surface area contributed by atoms with Crippen LogP contribution in [-0.2, 0) is 4.74 Å². The molecule has 0 saturated carbocycles. The Bertz CT molecular complexity index is 1550. The number of nitrogens with zero attached hydrogens (tertiary/aromatic N) is 2. The van der Waals surface area contributed by atoms with Crippen LogP contribution in [0, 0.1) is 26.6 Å². The van der Waals surface area contributed by atoms with Gasteiger partial charge in [0.25, 0.3) is 5.91 Å². The molecule has 1 aliphatic heterocycles. The van der Waals surface area contributed by atoms with E-state index >= 15 is 0 Å². The smallest absolute Gasteiger partial charge is 0.350 e. The average molecular weight is 479 g/mol. The van der Waals surface area contributed by atoms with Gasteiger partial charge in [0.2, 0.25) is 5.76 Å². The molecule has 1 aliphatic rings. The first kappa shape index (κ1) is 22.0. The van der Waals surface area contributed by atoms with Gasteiger partial charge in [0.05, 0.1) is 29.8 Å². The van der Waals surface area contributed by atoms with Gasteiger partial charge in [-0.2, -0.15) is 0 Å². The van der Waals surface area contributed by atoms with Gasteiger partial charge in [0, 0.05) is 0 Å². The number of carbonyl (C=O) groups is 2. The number of rotatable bonds is 3. The fraction of sp³-hybridized carbons (Fsp3) is 0.200. The highest BCUT2D eigenvalue weighted by molar-refractivity contribution is 7.17. The van der Waals surface area contributed by atoms with E-state index in [-0.39, 0.29) is 26.8 Å². The molecular weight excluding hydrogens is 459 g/mol. The summed E-state index contributed by atoms with van der Waals surface area (Å²) in [6.07, 6.45) is 0. The normalized spacial score (nSPS) is 15.1. The number of hydrogen-bond donors (Lipinski definition) is 0. The number of amides is 1. The Labute approximate surface area is 197 Å². The highest BCUT2D eigenvalue weighted by Gasteiger charge is 2.45. The van der Waals surface area contributed by atoms with Crippen LogP contribution in [0.5, 0.6) is 0 Å². The third-order valence-electron chi connectivity index (χ3n) is 6.03. The van der Waals surface area contributed by atoms with Crippen molar-refractivity contribution in [1.82, 2.24) is 4.98 Å². The van der Waals surface area contributed by atoms with Gasteiger partial charge in [-0.1, -0.05) is 23.5 Å². The Balaban J connectivity index is 1.79. The minimum atomic E-state index is -0.901. The number of carbonyl (C=O) groups excluding carboxylic acids is 2. The van der Waals surface area contributed by atoms with Gasteiger partial charge in [-0.05, 0) is 61.7 Å². The van der Waals surface area contributed by atoms with Crippen LogP contribution in [0.25, 0.3) is 11.0 Å². The van der Waals surface area contributed by atoms with E-state index in [0.717, 1.165) is 22.5 Å². The number of fused-ring (bicyclic) bond motifs is 2. The van der Waals surface area contributed by atoms with Gasteiger partial charge in [0.15, 0.2) is 10.6 Å². The summed E-state index contributed by atoms with van der Waals surface area (Å²) in [7, 11) is 1.26. The first-order valence-electron chi connectivity index (χ1n) is 10.4. The van der Waals surface area contributed by atoms with Crippen LogP contribution in [0.1, 0.15) is 54.2 Å². The van der Waals surface area contributed by atoms with E-state index < -0.39 is 23.7 Å². The summed E-state index contributed by atoms with van der Waals surface area (Å²) < 4.78 is 24.5. The molecule has 3 heterocycles. The summed E-state index contributed by atoms with van der Waals surface area (Å²) in [5.41, 5.74) is 2.86. The van der Waals surface area contributed by atoms with Crippen molar-refractivity contribution in [3.05, 3.63) is 91.0 Å². The van der Waals surface area contributed by atoms with E-state index in [1.165, 1.54) is 36.3 Å². The van der Waals surface area contributed by atoms with E-state index in [4.69, 9.17) is 9.15 Å². The van der Waals surface area contributed by atoms with Crippen LogP contribution in [0.3, 0.4) is 0 Å². The Morgan fingerprint density at radius 3 is 2.47 bits per heavy atom. The molecule has 4 aromatic rings. The van der Waals surface area contributed by atoms with Gasteiger partial charge >= 0.3 is 5.97 Å². The number of esters is 1. The van der Waals surface area contributed by atoms with Crippen molar-refractivity contribution in [3.63, 3.8) is 0 Å². The van der Waals surface area contributed by atoms with E-state index in [1.54, 1.807) is 19.1 Å². The molecular formula is C25H19FN2O5S. The topological polar surface area (TPSA) is 89.7 Å². The molecule has 0 saturated heterocycles. The number of methoxy groups -OCH3 is 1. The van der Waals surface area contributed by atoms with Crippen molar-refractivity contribution in [2.45, 2.75) is 26.8 Å². The number of anilines is 1. The molecule has 34 heavy (non-hydrogen) atoms. The fourth-order valence-corrected chi connectivity index (χ4v) is 5.16. The molecule has 1 amide bonds. The van der Waals surface area contributed by atoms with Crippen molar-refractivity contribution < 1.29 is 23.1 Å². The summed E-state index contributed by atoms with van der Waals surface area (Å²) in [4.78, 5) is 45.5. The van der Waals surface area contributed by atoms with Crippen LogP contribution in [-0.4, -0.2) is 24.0 Å². The highest BCUT2D eigenvalue weighted by atomic mass is 32.1. The van der Waals surface area contributed by atoms with Crippen molar-refractivity contribution in [3.8, 4) is 0 Å². The monoisotopic (exact) mass is 478 g/mol. The van der Waals surface area contributed by atoms with Crippen LogP contribution in [0.4, 0.5) is 9.52 Å². The molecule has 2 aromatic carbocycles. The van der Waals surface area contributed by atoms with Gasteiger partial charge in [-0.15, -0.1) is 0 Å². The van der Waals surface area contributed by atoms with Crippen molar-refractivity contribution in [1.29, 1.82) is 0 Å². The highest BCUT2D eigenvalue weighted by Crippen LogP contribution is 2.43. The molecule has 0 spiro atoms. The third-order valence-corrected chi connectivity index (χ3v) is 7.17. The number of ether oxygens (including phenoxy) is 1. The van der Waals surface area contributed by atoms with Gasteiger partial charge < -0.3 is 9.15 Å². The minimum Gasteiger partial charge on any atom is -0.465 e. The Morgan fingerprint density at radius 2 is 1.79 bits per heavy atom. The lowest BCUT2D eigenvalue weighted by Crippen LogP contribution is -2.29. The largest absolute Gasteiger partial charge is 0.465 e. The summed E-state index contributed by atoms with van der Waals surface area (Å²) >= 11 is 0.982. The molecule has 2 aromatic heterocycles. The van der Waals surface area contributed by atoms with E-state index in [0.29, 0.717) is 22.2 Å². The maximum absolute atomic E-state index is 13.7. The zero-order chi connectivity index (χ0) is 24.3. The molecule has 0 radical (unpaired) electrons. The van der Waals surface area contributed by atoms with Crippen LogP contribution in [0.15, 0.2) is 45.6 Å². The number of aryl methyl sites for hydroxylation is 3. The number of aromatic nitrogens is 1. The summed E-state index contributed by atoms with van der Waals surface area (Å²) in [6.45, 7) is 5.42. The molecule has 172 valence electrons. The predicted octanol–water partition coefficient (Wildman–Crippen LogP) is 4.85. The van der Waals surface area contributed by atoms with Crippen molar-refractivity contribution in [2.24, 2.45) is 0 Å². The summed E-state index contributed by atoms with van der Waals surface area (Å²) in [5, 5.41) is 0.564. The zero-order valence-electron chi connectivity index (χ0n) is 18.8. The minimum absolute atomic E-state index is 0.0949. The zero-order valence-corrected chi connectivity index (χ0v) is 19.6. The first-order valence-corrected chi connectivity index (χ1v) is 11.3. The molecule has 5 rings (SSSR count). The molecule has 0 aliphatic carbocycles. The lowest BCUT2D eigenvalue weighted by molar-refractivity contribution is 0.0605. The van der Waals surface area contributed by atoms with Crippen LogP contribution < -0.4 is 10.3 Å². The van der Waals surface area contributed by atoms with Gasteiger partial charge in [0.1, 0.15) is 16.3 Å². The Morgan fingerprint density at radius 1 is 1.12 bits per heavy atom. The molecule has 1 atom stereocenters. The molecule has 7 nitrogen and oxygen atoms in total. The quantitative estimate of drug-likeness (QED) is 0.391. The molecule has 0 fully saturated rings. The maximum atomic E-state index is 13.7. The lowest BCUT2D eigenvalue weighted by atomic mass is 9.97. The Hall–Kier alpha value is -3.85. The second-order valence-corrected chi connectivity index (χ2v) is 9.12. The molecule has 0 N–H and O–H groups in total. The maximum Gasteiger partial charge on any atom is 0.350 e. The summed E-state index contributed by atoms with van der Waals surface area (Å²) in [6, 6.07) is 8.13. The van der Waals surface area contributed by atoms with Crippen molar-refractivity contribution >= 4 is 39.3 Å². The van der Waals surface area contributed by atoms with Gasteiger partial charge in [-0.3, -0.25) is 14.5 Å². The molecule has 9 heteroatoms. The SMILES string of the molecule is COC(=O)c1sc(N2C(=O)c3oc4cc(C)c(C)cc4c(=O)c3[C@H]2c2ccc(F)cc2)nc1C. The number of halogens is 1. The second kappa shape index (κ2) is 7.88. The van der Waals surface area contributed by atoms with Crippen molar-refractivity contribution in [2.75, 3.05) is 12.0 Å². The number of hydrogen-bond acceptors (Lipinski definition) is 7. The number of thiazole rings is 1. The van der Waals surface area contributed by atoms with Gasteiger partial charge in [-0.25, -0.2) is 14.2 Å². The van der Waals surface area contributed by atoms with Crippen LogP contribution in [0.2, 0.25) is 0 Å². The standard InChI is InChI=1S/C25H19FN2O5S/c1-11-9-16-17(10-12(11)2)33-21-18(20(16)29)19(14-5-7-15(26)8-6-14)28(23(21)30)25-27-13(3)22(34-25)24(31)32-4/h5-10,19H,1-4H3/t19-/m1/s1. The summed E-state index contributed by atoms with van der Waals surface area (Å²) in [5.74, 6) is -1.68. The van der Waals surface area contributed by atoms with E-state index in [9.17, 15) is 18.8 Å². The average Bonchev–Trinajstić information content (AvgIpc) is 3.33. The molecule has 0 unspecified atom stereocenters. The van der Waals surface area contributed by atoms with E-state index in [1.807, 2.05) is 13.8 Å². The third kappa shape index (κ3) is 3.23. The fourth-order valence-electron chi connectivity index (χ4n) is 4.15. The first-order chi connectivity index (χ1) is 16.2. The predicted molar refractivity (Wildman–Crippen MR) is 125 cm³/mol. The second-order valence-electron chi connectivity index (χ2n) is 8.14.